The lowest BCUT2D eigenvalue weighted by atomic mass is 9.44. The first-order chi connectivity index (χ1) is 20.0. The van der Waals surface area contributed by atoms with Gasteiger partial charge in [0.05, 0.1) is 24.2 Å². The Morgan fingerprint density at radius 1 is 1.16 bits per heavy atom. The number of ether oxygens (including phenoxy) is 2. The number of hydrogen-bond donors (Lipinski definition) is 6. The SMILES string of the molecule is C[C@]12C=CC(=O)C=C1CC[C@H]1[C@@H]3C[C@@H](O)[C@](O)(C(=O)COC(=O)C(N)COC(=O)CCCON(O)O)[C@@]3(C)C[C@H](O)[C@@]12F. The predicted octanol–water partition coefficient (Wildman–Crippen LogP) is -0.166. The van der Waals surface area contributed by atoms with Crippen LogP contribution >= 0.6 is 0 Å². The van der Waals surface area contributed by atoms with Gasteiger partial charge in [-0.15, -0.1) is 0 Å². The first-order valence-electron chi connectivity index (χ1n) is 14.2. The Labute approximate surface area is 246 Å². The second-order valence-corrected chi connectivity index (χ2v) is 12.3. The molecule has 0 aromatic carbocycles. The Morgan fingerprint density at radius 3 is 2.53 bits per heavy atom. The zero-order chi connectivity index (χ0) is 32.0. The van der Waals surface area contributed by atoms with E-state index in [1.54, 1.807) is 6.92 Å². The molecule has 3 fully saturated rings. The van der Waals surface area contributed by atoms with Crippen LogP contribution in [0.2, 0.25) is 0 Å². The lowest BCUT2D eigenvalue weighted by Gasteiger charge is -2.62. The first kappa shape index (κ1) is 33.3. The van der Waals surface area contributed by atoms with Crippen LogP contribution in [0.5, 0.6) is 0 Å². The van der Waals surface area contributed by atoms with Gasteiger partial charge >= 0.3 is 11.9 Å². The van der Waals surface area contributed by atoms with Crippen molar-refractivity contribution in [2.75, 3.05) is 19.8 Å². The highest BCUT2D eigenvalue weighted by Crippen LogP contribution is 2.69. The third-order valence-electron chi connectivity index (χ3n) is 10.1. The van der Waals surface area contributed by atoms with Crippen molar-refractivity contribution in [3.63, 3.8) is 0 Å². The van der Waals surface area contributed by atoms with Gasteiger partial charge in [-0.25, -0.2) is 4.39 Å². The molecule has 1 unspecified atom stereocenters. The van der Waals surface area contributed by atoms with E-state index < -0.39 is 88.5 Å². The van der Waals surface area contributed by atoms with Gasteiger partial charge in [0, 0.05) is 23.2 Å². The number of alkyl halides is 1. The molecule has 0 aliphatic heterocycles. The fourth-order valence-electron chi connectivity index (χ4n) is 7.77. The summed E-state index contributed by atoms with van der Waals surface area (Å²) in [6.07, 6.45) is 0.802. The van der Waals surface area contributed by atoms with Gasteiger partial charge in [0.2, 0.25) is 5.78 Å². The molecule has 9 atom stereocenters. The van der Waals surface area contributed by atoms with Crippen LogP contribution in [-0.4, -0.2) is 104 Å². The maximum atomic E-state index is 17.2. The van der Waals surface area contributed by atoms with E-state index >= 15 is 4.39 Å². The topological polar surface area (TPSA) is 226 Å². The van der Waals surface area contributed by atoms with Crippen LogP contribution in [0, 0.1) is 22.7 Å². The molecule has 0 aromatic heterocycles. The minimum atomic E-state index is -2.48. The molecular weight excluding hydrogens is 575 g/mol. The van der Waals surface area contributed by atoms with Crippen LogP contribution in [0.4, 0.5) is 4.39 Å². The van der Waals surface area contributed by atoms with E-state index in [0.29, 0.717) is 12.0 Å². The van der Waals surface area contributed by atoms with Crippen LogP contribution < -0.4 is 5.73 Å². The minimum Gasteiger partial charge on any atom is -0.463 e. The lowest BCUT2D eigenvalue weighted by molar-refractivity contribution is -0.492. The highest BCUT2D eigenvalue weighted by Gasteiger charge is 2.76. The monoisotopic (exact) mass is 614 g/mol. The van der Waals surface area contributed by atoms with Crippen molar-refractivity contribution < 1.29 is 63.6 Å². The highest BCUT2D eigenvalue weighted by atomic mass is 19.1. The Kier molecular flexibility index (Phi) is 9.32. The van der Waals surface area contributed by atoms with E-state index in [0.717, 1.165) is 0 Å². The Morgan fingerprint density at radius 2 is 1.86 bits per heavy atom. The number of Topliss-reactive ketones (excluding diaryl/α,β-unsaturated/α-hetero) is 1. The number of esters is 2. The van der Waals surface area contributed by atoms with Crippen molar-refractivity contribution in [1.82, 2.24) is 5.39 Å². The minimum absolute atomic E-state index is 0.0673. The maximum Gasteiger partial charge on any atom is 0.326 e. The average Bonchev–Trinajstić information content (AvgIpc) is 3.14. The average molecular weight is 615 g/mol. The molecule has 240 valence electrons. The number of nitrogens with zero attached hydrogens (tertiary/aromatic N) is 1. The number of fused-ring (bicyclic) bond motifs is 5. The Hall–Kier alpha value is -2.63. The number of carbonyl (C=O) groups is 4. The van der Waals surface area contributed by atoms with Crippen LogP contribution in [0.15, 0.2) is 23.8 Å². The zero-order valence-electron chi connectivity index (χ0n) is 24.0. The van der Waals surface area contributed by atoms with Gasteiger partial charge in [-0.2, -0.15) is 0 Å². The largest absolute Gasteiger partial charge is 0.463 e. The third kappa shape index (κ3) is 5.46. The molecule has 4 rings (SSSR count). The quantitative estimate of drug-likeness (QED) is 0.101. The van der Waals surface area contributed by atoms with E-state index in [1.807, 2.05) is 0 Å². The third-order valence-corrected chi connectivity index (χ3v) is 10.1. The number of allylic oxidation sites excluding steroid dienone is 4. The summed E-state index contributed by atoms with van der Waals surface area (Å²) in [6, 6.07) is -1.48. The molecule has 43 heavy (non-hydrogen) atoms. The molecule has 0 bridgehead atoms. The number of carbonyl (C=O) groups excluding carboxylic acids is 4. The van der Waals surface area contributed by atoms with Crippen molar-refractivity contribution in [2.24, 2.45) is 28.4 Å². The summed E-state index contributed by atoms with van der Waals surface area (Å²) in [7, 11) is 0. The zero-order valence-corrected chi connectivity index (χ0v) is 24.0. The Bertz CT molecular complexity index is 1210. The molecule has 0 amide bonds. The van der Waals surface area contributed by atoms with Crippen LogP contribution in [0.25, 0.3) is 0 Å². The fraction of sp³-hybridized carbons (Fsp3) is 0.714. The number of aliphatic hydroxyl groups excluding tert-OH is 2. The van der Waals surface area contributed by atoms with Crippen molar-refractivity contribution in [1.29, 1.82) is 0 Å². The van der Waals surface area contributed by atoms with E-state index in [4.69, 9.17) is 25.6 Å². The number of hydrogen-bond acceptors (Lipinski definition) is 14. The van der Waals surface area contributed by atoms with Gasteiger partial charge in [0.15, 0.2) is 23.7 Å². The second-order valence-electron chi connectivity index (χ2n) is 12.3. The fourth-order valence-corrected chi connectivity index (χ4v) is 7.77. The molecule has 15 heteroatoms. The molecule has 14 nitrogen and oxygen atoms in total. The number of ketones is 2. The van der Waals surface area contributed by atoms with Gasteiger partial charge in [-0.3, -0.25) is 34.4 Å². The maximum absolute atomic E-state index is 17.2. The van der Waals surface area contributed by atoms with Gasteiger partial charge in [-0.1, -0.05) is 18.6 Å². The molecular formula is C28H39FN2O12. The Balaban J connectivity index is 1.41. The van der Waals surface area contributed by atoms with Crippen molar-refractivity contribution >= 4 is 23.5 Å². The van der Waals surface area contributed by atoms with E-state index in [2.05, 4.69) is 4.84 Å². The summed E-state index contributed by atoms with van der Waals surface area (Å²) < 4.78 is 27.0. The molecule has 0 radical (unpaired) electrons. The smallest absolute Gasteiger partial charge is 0.326 e. The number of halogens is 1. The molecule has 0 aromatic rings. The summed E-state index contributed by atoms with van der Waals surface area (Å²) in [5, 5.41) is 50.5. The van der Waals surface area contributed by atoms with Crippen molar-refractivity contribution in [3.05, 3.63) is 23.8 Å². The van der Waals surface area contributed by atoms with Crippen LogP contribution in [-0.2, 0) is 33.5 Å². The van der Waals surface area contributed by atoms with Gasteiger partial charge in [0.25, 0.3) is 0 Å². The molecule has 0 heterocycles. The van der Waals surface area contributed by atoms with E-state index in [1.165, 1.54) is 25.2 Å². The summed E-state index contributed by atoms with van der Waals surface area (Å²) in [5.74, 6) is -4.78. The highest BCUT2D eigenvalue weighted by molar-refractivity contribution is 6.01. The normalized spacial score (nSPS) is 38.9. The number of nitrogens with two attached hydrogens (primary N) is 1. The first-order valence-corrected chi connectivity index (χ1v) is 14.2. The molecule has 3 saturated carbocycles. The van der Waals surface area contributed by atoms with Crippen molar-refractivity contribution in [3.8, 4) is 0 Å². The number of aliphatic hydroxyl groups is 3. The van der Waals surface area contributed by atoms with Gasteiger partial charge < -0.3 is 30.5 Å². The molecule has 4 aliphatic rings. The standard InChI is InChI=1S/C28H39FN2O12/c1-25-8-7-16(32)10-15(25)5-6-17-18-11-20(33)28(38,26(18,2)12-21(34)27(17,25)29)22(35)14-42-24(37)19(30)13-41-23(36)4-3-9-43-31(39)40/h7-8,10,17-21,33-34,38-40H,3-6,9,11-14,30H2,1-2H3/t17-,18-,19?,20+,21-,25-,26-,27-,28-/m0/s1. The summed E-state index contributed by atoms with van der Waals surface area (Å²) in [4.78, 5) is 53.8. The van der Waals surface area contributed by atoms with Crippen LogP contribution in [0.1, 0.15) is 52.4 Å². The summed E-state index contributed by atoms with van der Waals surface area (Å²) >= 11 is 0. The van der Waals surface area contributed by atoms with E-state index in [-0.39, 0.29) is 44.5 Å². The lowest BCUT2D eigenvalue weighted by Crippen LogP contribution is -2.69. The van der Waals surface area contributed by atoms with Gasteiger partial charge in [-0.05, 0) is 57.1 Å². The molecule has 0 saturated heterocycles. The van der Waals surface area contributed by atoms with Crippen molar-refractivity contribution in [2.45, 2.75) is 81.9 Å². The molecule has 4 aliphatic carbocycles. The molecule has 0 spiro atoms. The molecule has 7 N–H and O–H groups in total. The van der Waals surface area contributed by atoms with Crippen LogP contribution in [0.3, 0.4) is 0 Å². The second kappa shape index (κ2) is 12.0. The predicted molar refractivity (Wildman–Crippen MR) is 140 cm³/mol. The summed E-state index contributed by atoms with van der Waals surface area (Å²) in [6.45, 7) is 1.36. The number of rotatable bonds is 11. The van der Waals surface area contributed by atoms with Gasteiger partial charge in [0.1, 0.15) is 12.6 Å². The summed E-state index contributed by atoms with van der Waals surface area (Å²) in [5.41, 5.74) is -1.22. The van der Waals surface area contributed by atoms with E-state index in [9.17, 15) is 34.5 Å².